The number of hydrogen-bond donors (Lipinski definition) is 1. The summed E-state index contributed by atoms with van der Waals surface area (Å²) in [4.78, 5) is 4.30. The average Bonchev–Trinajstić information content (AvgIpc) is 2.34. The molecule has 0 radical (unpaired) electrons. The molecule has 0 unspecified atom stereocenters. The lowest BCUT2D eigenvalue weighted by Gasteiger charge is -2.10. The Hall–Kier alpha value is -2.03. The molecule has 0 saturated heterocycles. The van der Waals surface area contributed by atoms with Gasteiger partial charge in [-0.15, -0.1) is 0 Å². The molecule has 0 aliphatic rings. The van der Waals surface area contributed by atoms with Crippen LogP contribution in [0.4, 0.5) is 5.69 Å². The number of hydrogen-bond acceptors (Lipinski definition) is 3. The fraction of sp³-hybridized carbons (Fsp3) is 0.267. The molecule has 0 aliphatic heterocycles. The first-order valence-corrected chi connectivity index (χ1v) is 6.07. The highest BCUT2D eigenvalue weighted by Crippen LogP contribution is 2.27. The van der Waals surface area contributed by atoms with Crippen molar-refractivity contribution in [3.63, 3.8) is 0 Å². The van der Waals surface area contributed by atoms with Gasteiger partial charge in [-0.2, -0.15) is 0 Å². The number of aryl methyl sites for hydroxylation is 1. The first-order valence-electron chi connectivity index (χ1n) is 6.07. The minimum Gasteiger partial charge on any atom is -0.437 e. The van der Waals surface area contributed by atoms with E-state index in [2.05, 4.69) is 24.9 Å². The maximum Gasteiger partial charge on any atom is 0.242 e. The quantitative estimate of drug-likeness (QED) is 0.888. The summed E-state index contributed by atoms with van der Waals surface area (Å²) in [6.07, 6.45) is 0. The van der Waals surface area contributed by atoms with Crippen LogP contribution >= 0.6 is 0 Å². The lowest BCUT2D eigenvalue weighted by Crippen LogP contribution is -1.97. The van der Waals surface area contributed by atoms with Gasteiger partial charge in [-0.25, -0.2) is 4.98 Å². The van der Waals surface area contributed by atoms with Gasteiger partial charge < -0.3 is 10.5 Å². The maximum atomic E-state index is 5.85. The van der Waals surface area contributed by atoms with Gasteiger partial charge in [0, 0.05) is 5.69 Å². The topological polar surface area (TPSA) is 48.1 Å². The molecule has 0 aliphatic carbocycles. The number of pyridine rings is 1. The van der Waals surface area contributed by atoms with Gasteiger partial charge >= 0.3 is 0 Å². The number of ether oxygens (including phenoxy) is 1. The van der Waals surface area contributed by atoms with E-state index in [1.165, 1.54) is 5.56 Å². The van der Waals surface area contributed by atoms with Crippen LogP contribution in [0.3, 0.4) is 0 Å². The zero-order valence-corrected chi connectivity index (χ0v) is 11.0. The molecule has 0 spiro atoms. The fourth-order valence-electron chi connectivity index (χ4n) is 1.67. The van der Waals surface area contributed by atoms with Crippen molar-refractivity contribution < 1.29 is 4.74 Å². The van der Waals surface area contributed by atoms with Gasteiger partial charge in [0.05, 0.1) is 5.69 Å². The van der Waals surface area contributed by atoms with Crippen LogP contribution in [0.25, 0.3) is 0 Å². The summed E-state index contributed by atoms with van der Waals surface area (Å²) in [5, 5.41) is 0. The van der Waals surface area contributed by atoms with Crippen LogP contribution < -0.4 is 10.5 Å². The molecule has 0 saturated carbocycles. The molecule has 3 nitrogen and oxygen atoms in total. The number of nitrogen functional groups attached to an aromatic ring is 1. The largest absolute Gasteiger partial charge is 0.437 e. The highest BCUT2D eigenvalue weighted by Gasteiger charge is 2.06. The van der Waals surface area contributed by atoms with Crippen LogP contribution in [0.2, 0.25) is 0 Å². The van der Waals surface area contributed by atoms with Gasteiger partial charge in [0.15, 0.2) is 0 Å². The molecule has 1 aromatic carbocycles. The Bertz CT molecular complexity index is 550. The van der Waals surface area contributed by atoms with Crippen molar-refractivity contribution in [1.29, 1.82) is 0 Å². The Morgan fingerprint density at radius 3 is 2.67 bits per heavy atom. The van der Waals surface area contributed by atoms with E-state index in [9.17, 15) is 0 Å². The van der Waals surface area contributed by atoms with Gasteiger partial charge in [0.1, 0.15) is 5.75 Å². The maximum absolute atomic E-state index is 5.85. The van der Waals surface area contributed by atoms with Crippen molar-refractivity contribution >= 4 is 5.69 Å². The molecule has 2 N–H and O–H groups in total. The molecule has 1 aromatic heterocycles. The second-order valence-electron chi connectivity index (χ2n) is 4.68. The monoisotopic (exact) mass is 242 g/mol. The van der Waals surface area contributed by atoms with Crippen molar-refractivity contribution in [1.82, 2.24) is 4.98 Å². The van der Waals surface area contributed by atoms with Crippen molar-refractivity contribution in [3.05, 3.63) is 47.7 Å². The van der Waals surface area contributed by atoms with Crippen LogP contribution in [0, 0.1) is 6.92 Å². The van der Waals surface area contributed by atoms with E-state index in [1.807, 2.05) is 37.3 Å². The summed E-state index contributed by atoms with van der Waals surface area (Å²) in [6, 6.07) is 11.7. The first-order chi connectivity index (χ1) is 8.56. The van der Waals surface area contributed by atoms with Crippen molar-refractivity contribution in [2.75, 3.05) is 5.73 Å². The highest BCUT2D eigenvalue weighted by atomic mass is 16.5. The van der Waals surface area contributed by atoms with Gasteiger partial charge in [-0.3, -0.25) is 0 Å². The van der Waals surface area contributed by atoms with Crippen LogP contribution in [-0.2, 0) is 0 Å². The summed E-state index contributed by atoms with van der Waals surface area (Å²) < 4.78 is 5.74. The Labute approximate surface area is 108 Å². The number of nitrogens with two attached hydrogens (primary N) is 1. The second kappa shape index (κ2) is 5.08. The summed E-state index contributed by atoms with van der Waals surface area (Å²) in [6.45, 7) is 6.22. The highest BCUT2D eigenvalue weighted by molar-refractivity contribution is 5.50. The molecular formula is C15H18N2O. The lowest BCUT2D eigenvalue weighted by atomic mass is 10.0. The van der Waals surface area contributed by atoms with Crippen molar-refractivity contribution in [2.24, 2.45) is 0 Å². The minimum absolute atomic E-state index is 0.468. The molecule has 0 amide bonds. The van der Waals surface area contributed by atoms with Gasteiger partial charge in [-0.1, -0.05) is 26.0 Å². The smallest absolute Gasteiger partial charge is 0.242 e. The predicted molar refractivity (Wildman–Crippen MR) is 74.0 cm³/mol. The number of anilines is 1. The summed E-state index contributed by atoms with van der Waals surface area (Å²) in [7, 11) is 0. The summed E-state index contributed by atoms with van der Waals surface area (Å²) >= 11 is 0. The Kier molecular flexibility index (Phi) is 3.51. The molecule has 18 heavy (non-hydrogen) atoms. The van der Waals surface area contributed by atoms with E-state index in [0.717, 1.165) is 11.4 Å². The normalized spacial score (nSPS) is 10.7. The Morgan fingerprint density at radius 2 is 1.94 bits per heavy atom. The van der Waals surface area contributed by atoms with Crippen LogP contribution in [0.15, 0.2) is 36.4 Å². The molecule has 1 heterocycles. The number of rotatable bonds is 3. The minimum atomic E-state index is 0.468. The third kappa shape index (κ3) is 2.80. The van der Waals surface area contributed by atoms with E-state index in [0.29, 0.717) is 17.5 Å². The molecule has 94 valence electrons. The zero-order chi connectivity index (χ0) is 13.1. The first kappa shape index (κ1) is 12.4. The lowest BCUT2D eigenvalue weighted by molar-refractivity contribution is 0.463. The number of benzene rings is 1. The third-order valence-corrected chi connectivity index (χ3v) is 2.77. The van der Waals surface area contributed by atoms with Gasteiger partial charge in [0.25, 0.3) is 0 Å². The number of nitrogens with zero attached hydrogens (tertiary/aromatic N) is 1. The molecular weight excluding hydrogens is 224 g/mol. The van der Waals surface area contributed by atoms with Crippen LogP contribution in [-0.4, -0.2) is 4.98 Å². The summed E-state index contributed by atoms with van der Waals surface area (Å²) in [5.74, 6) is 1.71. The Balaban J connectivity index is 2.28. The molecule has 2 aromatic rings. The zero-order valence-electron chi connectivity index (χ0n) is 11.0. The molecule has 0 atom stereocenters. The molecule has 2 rings (SSSR count). The van der Waals surface area contributed by atoms with Gasteiger partial charge in [0.2, 0.25) is 5.88 Å². The second-order valence-corrected chi connectivity index (χ2v) is 4.68. The van der Waals surface area contributed by atoms with E-state index in [-0.39, 0.29) is 0 Å². The van der Waals surface area contributed by atoms with E-state index >= 15 is 0 Å². The molecule has 0 bridgehead atoms. The summed E-state index contributed by atoms with van der Waals surface area (Å²) in [5.41, 5.74) is 8.52. The number of aromatic nitrogens is 1. The van der Waals surface area contributed by atoms with Gasteiger partial charge in [-0.05, 0) is 42.7 Å². The van der Waals surface area contributed by atoms with Crippen molar-refractivity contribution in [2.45, 2.75) is 26.7 Å². The van der Waals surface area contributed by atoms with Crippen molar-refractivity contribution in [3.8, 4) is 11.6 Å². The van der Waals surface area contributed by atoms with E-state index < -0.39 is 0 Å². The van der Waals surface area contributed by atoms with Crippen LogP contribution in [0.5, 0.6) is 11.6 Å². The SMILES string of the molecule is Cc1ccc(N)c(Oc2cccc(C(C)C)c2)n1. The molecule has 3 heteroatoms. The predicted octanol–water partition coefficient (Wildman–Crippen LogP) is 3.89. The molecule has 0 fully saturated rings. The Morgan fingerprint density at radius 1 is 1.17 bits per heavy atom. The fourth-order valence-corrected chi connectivity index (χ4v) is 1.67. The average molecular weight is 242 g/mol. The van der Waals surface area contributed by atoms with E-state index in [4.69, 9.17) is 10.5 Å². The van der Waals surface area contributed by atoms with Crippen LogP contribution in [0.1, 0.15) is 31.0 Å². The van der Waals surface area contributed by atoms with E-state index in [1.54, 1.807) is 0 Å². The standard InChI is InChI=1S/C15H18N2O/c1-10(2)12-5-4-6-13(9-12)18-15-14(16)8-7-11(3)17-15/h4-10H,16H2,1-3H3. The third-order valence-electron chi connectivity index (χ3n) is 2.77.